The van der Waals surface area contributed by atoms with Gasteiger partial charge in [-0.3, -0.25) is 4.79 Å². The lowest BCUT2D eigenvalue weighted by Gasteiger charge is -2.18. The molecule has 3 heteroatoms. The molecule has 0 saturated carbocycles. The van der Waals surface area contributed by atoms with Gasteiger partial charge in [0.05, 0.1) is 12.7 Å². The molecule has 0 fully saturated rings. The van der Waals surface area contributed by atoms with Crippen LogP contribution in [0.4, 0.5) is 0 Å². The summed E-state index contributed by atoms with van der Waals surface area (Å²) in [7, 11) is 0. The minimum absolute atomic E-state index is 0.340. The highest BCUT2D eigenvalue weighted by atomic mass is 16.5. The number of unbranched alkanes of at least 4 members (excludes halogenated alkanes) is 6. The third-order valence-electron chi connectivity index (χ3n) is 3.25. The van der Waals surface area contributed by atoms with Crippen molar-refractivity contribution in [2.24, 2.45) is 5.41 Å². The van der Waals surface area contributed by atoms with Gasteiger partial charge in [0.25, 0.3) is 0 Å². The third kappa shape index (κ3) is 6.64. The van der Waals surface area contributed by atoms with Gasteiger partial charge in [-0.15, -0.1) is 0 Å². The fraction of sp³-hybridized carbons (Fsp3) is 0.867. The van der Waals surface area contributed by atoms with Crippen LogP contribution in [0.3, 0.4) is 0 Å². The summed E-state index contributed by atoms with van der Waals surface area (Å²) in [6, 6.07) is 2.10. The molecule has 0 saturated heterocycles. The molecule has 0 aliphatic rings. The number of carbonyl (C=O) groups is 1. The Kier molecular flexibility index (Phi) is 9.36. The average molecular weight is 253 g/mol. The Bertz CT molecular complexity index is 270. The molecule has 0 N–H and O–H groups in total. The Labute approximate surface area is 112 Å². The molecule has 0 rings (SSSR count). The van der Waals surface area contributed by atoms with Gasteiger partial charge >= 0.3 is 5.97 Å². The van der Waals surface area contributed by atoms with Crippen LogP contribution in [0.1, 0.15) is 72.1 Å². The lowest BCUT2D eigenvalue weighted by molar-refractivity contribution is -0.151. The van der Waals surface area contributed by atoms with E-state index in [4.69, 9.17) is 10.00 Å². The van der Waals surface area contributed by atoms with E-state index in [2.05, 4.69) is 13.0 Å². The van der Waals surface area contributed by atoms with Crippen molar-refractivity contribution >= 4 is 5.97 Å². The van der Waals surface area contributed by atoms with Crippen LogP contribution in [0.15, 0.2) is 0 Å². The smallest absolute Gasteiger partial charge is 0.326 e. The average Bonchev–Trinajstić information content (AvgIpc) is 2.37. The maximum absolute atomic E-state index is 11.7. The number of carbonyl (C=O) groups excluding carboxylic acids is 1. The Balaban J connectivity index is 3.80. The second-order valence-electron chi connectivity index (χ2n) is 5.04. The predicted molar refractivity (Wildman–Crippen MR) is 73.0 cm³/mol. The van der Waals surface area contributed by atoms with Gasteiger partial charge in [0.15, 0.2) is 5.41 Å². The molecule has 0 bridgehead atoms. The van der Waals surface area contributed by atoms with Gasteiger partial charge in [0, 0.05) is 0 Å². The number of ether oxygens (including phenoxy) is 1. The second-order valence-corrected chi connectivity index (χ2v) is 5.04. The van der Waals surface area contributed by atoms with E-state index >= 15 is 0 Å². The summed E-state index contributed by atoms with van der Waals surface area (Å²) in [4.78, 5) is 11.7. The maximum atomic E-state index is 11.7. The normalized spacial score (nSPS) is 13.7. The molecule has 3 nitrogen and oxygen atoms in total. The van der Waals surface area contributed by atoms with E-state index in [-0.39, 0.29) is 5.97 Å². The highest BCUT2D eigenvalue weighted by molar-refractivity contribution is 5.79. The van der Waals surface area contributed by atoms with E-state index in [1.807, 2.05) is 0 Å². The highest BCUT2D eigenvalue weighted by Crippen LogP contribution is 2.25. The molecular weight excluding hydrogens is 226 g/mol. The molecular formula is C15H27NO2. The van der Waals surface area contributed by atoms with Gasteiger partial charge in [-0.1, -0.05) is 51.9 Å². The number of esters is 1. The standard InChI is InChI=1S/C15H27NO2/c1-4-6-7-8-9-10-11-12-15(3,13-16)14(17)18-5-2/h4-12H2,1-3H3. The number of rotatable bonds is 10. The molecule has 1 unspecified atom stereocenters. The van der Waals surface area contributed by atoms with Gasteiger partial charge in [-0.2, -0.15) is 5.26 Å². The van der Waals surface area contributed by atoms with Gasteiger partial charge in [0.1, 0.15) is 0 Å². The van der Waals surface area contributed by atoms with Crippen molar-refractivity contribution in [1.82, 2.24) is 0 Å². The summed E-state index contributed by atoms with van der Waals surface area (Å²) in [5.41, 5.74) is -0.959. The Morgan fingerprint density at radius 2 is 1.67 bits per heavy atom. The first-order valence-electron chi connectivity index (χ1n) is 7.19. The van der Waals surface area contributed by atoms with Gasteiger partial charge in [0.2, 0.25) is 0 Å². The van der Waals surface area contributed by atoms with E-state index in [9.17, 15) is 4.79 Å². The zero-order valence-corrected chi connectivity index (χ0v) is 12.1. The predicted octanol–water partition coefficient (Wildman–Crippen LogP) is 4.22. The summed E-state index contributed by atoms with van der Waals surface area (Å²) in [6.45, 7) is 6.00. The molecule has 0 aromatic carbocycles. The van der Waals surface area contributed by atoms with Crippen molar-refractivity contribution < 1.29 is 9.53 Å². The quantitative estimate of drug-likeness (QED) is 0.432. The summed E-state index contributed by atoms with van der Waals surface area (Å²) < 4.78 is 4.95. The Hall–Kier alpha value is -1.04. The Morgan fingerprint density at radius 3 is 2.17 bits per heavy atom. The van der Waals surface area contributed by atoms with E-state index in [0.29, 0.717) is 13.0 Å². The molecule has 0 spiro atoms. The summed E-state index contributed by atoms with van der Waals surface area (Å²) in [5, 5.41) is 9.10. The molecule has 0 aromatic rings. The fourth-order valence-corrected chi connectivity index (χ4v) is 1.93. The van der Waals surface area contributed by atoms with E-state index < -0.39 is 5.41 Å². The van der Waals surface area contributed by atoms with Crippen molar-refractivity contribution in [3.05, 3.63) is 0 Å². The SMILES string of the molecule is CCCCCCCCCC(C)(C#N)C(=O)OCC. The first kappa shape index (κ1) is 17.0. The van der Waals surface area contributed by atoms with Crippen molar-refractivity contribution in [3.63, 3.8) is 0 Å². The van der Waals surface area contributed by atoms with Crippen LogP contribution in [-0.2, 0) is 9.53 Å². The zero-order chi connectivity index (χ0) is 13.9. The molecule has 0 heterocycles. The minimum atomic E-state index is -0.959. The van der Waals surface area contributed by atoms with Crippen molar-refractivity contribution in [2.45, 2.75) is 72.1 Å². The van der Waals surface area contributed by atoms with Crippen LogP contribution < -0.4 is 0 Å². The van der Waals surface area contributed by atoms with Crippen LogP contribution in [0, 0.1) is 16.7 Å². The maximum Gasteiger partial charge on any atom is 0.326 e. The lowest BCUT2D eigenvalue weighted by atomic mass is 9.86. The van der Waals surface area contributed by atoms with Gasteiger partial charge in [-0.25, -0.2) is 0 Å². The monoisotopic (exact) mass is 253 g/mol. The Morgan fingerprint density at radius 1 is 1.11 bits per heavy atom. The molecule has 0 aromatic heterocycles. The van der Waals surface area contributed by atoms with Crippen LogP contribution in [0.2, 0.25) is 0 Å². The minimum Gasteiger partial charge on any atom is -0.465 e. The van der Waals surface area contributed by atoms with E-state index in [0.717, 1.165) is 12.8 Å². The van der Waals surface area contributed by atoms with Gasteiger partial charge in [-0.05, 0) is 20.3 Å². The third-order valence-corrected chi connectivity index (χ3v) is 3.25. The van der Waals surface area contributed by atoms with E-state index in [1.165, 1.54) is 32.1 Å². The molecule has 0 aliphatic heterocycles. The summed E-state index contributed by atoms with van der Waals surface area (Å²) in [6.07, 6.45) is 8.95. The number of hydrogen-bond acceptors (Lipinski definition) is 3. The zero-order valence-electron chi connectivity index (χ0n) is 12.1. The highest BCUT2D eigenvalue weighted by Gasteiger charge is 2.34. The van der Waals surface area contributed by atoms with Crippen LogP contribution in [0.5, 0.6) is 0 Å². The largest absolute Gasteiger partial charge is 0.465 e. The molecule has 0 amide bonds. The second kappa shape index (κ2) is 9.94. The molecule has 104 valence electrons. The molecule has 0 radical (unpaired) electrons. The number of hydrogen-bond donors (Lipinski definition) is 0. The molecule has 1 atom stereocenters. The molecule has 0 aliphatic carbocycles. The van der Waals surface area contributed by atoms with Gasteiger partial charge < -0.3 is 4.74 Å². The number of nitrogens with zero attached hydrogens (tertiary/aromatic N) is 1. The van der Waals surface area contributed by atoms with Crippen LogP contribution >= 0.6 is 0 Å². The molecule has 18 heavy (non-hydrogen) atoms. The lowest BCUT2D eigenvalue weighted by Crippen LogP contribution is -2.28. The van der Waals surface area contributed by atoms with Crippen LogP contribution in [0.25, 0.3) is 0 Å². The summed E-state index contributed by atoms with van der Waals surface area (Å²) in [5.74, 6) is -0.376. The van der Waals surface area contributed by atoms with Crippen molar-refractivity contribution in [1.29, 1.82) is 5.26 Å². The topological polar surface area (TPSA) is 50.1 Å². The first-order chi connectivity index (χ1) is 8.60. The summed E-state index contributed by atoms with van der Waals surface area (Å²) >= 11 is 0. The van der Waals surface area contributed by atoms with Crippen molar-refractivity contribution in [2.75, 3.05) is 6.61 Å². The van der Waals surface area contributed by atoms with Crippen LogP contribution in [-0.4, -0.2) is 12.6 Å². The van der Waals surface area contributed by atoms with Crippen molar-refractivity contribution in [3.8, 4) is 6.07 Å². The van der Waals surface area contributed by atoms with E-state index in [1.54, 1.807) is 13.8 Å². The number of nitriles is 1. The first-order valence-corrected chi connectivity index (χ1v) is 7.19. The fourth-order valence-electron chi connectivity index (χ4n) is 1.93.